The SMILES string of the molecule is CC(=O)SCc1ccc(/C=C/c2ccc(CSC(C)=O)cc2)cc1. The Morgan fingerprint density at radius 3 is 1.33 bits per heavy atom. The zero-order chi connectivity index (χ0) is 17.4. The first kappa shape index (κ1) is 18.6. The summed E-state index contributed by atoms with van der Waals surface area (Å²) in [6.07, 6.45) is 4.14. The van der Waals surface area contributed by atoms with E-state index in [-0.39, 0.29) is 10.2 Å². The zero-order valence-corrected chi connectivity index (χ0v) is 15.5. The Kier molecular flexibility index (Phi) is 7.35. The molecule has 0 atom stereocenters. The first-order valence-corrected chi connectivity index (χ1v) is 9.63. The van der Waals surface area contributed by atoms with Gasteiger partial charge in [0.05, 0.1) is 0 Å². The third-order valence-corrected chi connectivity index (χ3v) is 5.08. The van der Waals surface area contributed by atoms with Gasteiger partial charge in [-0.25, -0.2) is 0 Å². The van der Waals surface area contributed by atoms with Gasteiger partial charge in [0, 0.05) is 25.4 Å². The van der Waals surface area contributed by atoms with Gasteiger partial charge in [0.2, 0.25) is 0 Å². The highest BCUT2D eigenvalue weighted by Crippen LogP contribution is 2.17. The molecule has 0 aromatic heterocycles. The Bertz CT molecular complexity index is 653. The van der Waals surface area contributed by atoms with Crippen molar-refractivity contribution in [3.05, 3.63) is 70.8 Å². The summed E-state index contributed by atoms with van der Waals surface area (Å²) in [5.41, 5.74) is 4.56. The van der Waals surface area contributed by atoms with Crippen LogP contribution in [0.3, 0.4) is 0 Å². The molecule has 124 valence electrons. The van der Waals surface area contributed by atoms with Crippen molar-refractivity contribution in [2.24, 2.45) is 0 Å². The molecule has 0 saturated carbocycles. The summed E-state index contributed by atoms with van der Waals surface area (Å²) in [5, 5.41) is 0.285. The highest BCUT2D eigenvalue weighted by atomic mass is 32.2. The molecule has 0 amide bonds. The second-order valence-corrected chi connectivity index (χ2v) is 7.68. The molecular weight excluding hydrogens is 336 g/mol. The molecule has 0 radical (unpaired) electrons. The Labute approximate surface area is 151 Å². The third-order valence-electron chi connectivity index (χ3n) is 3.31. The van der Waals surface area contributed by atoms with Gasteiger partial charge in [0.25, 0.3) is 0 Å². The number of carbonyl (C=O) groups is 2. The Morgan fingerprint density at radius 1 is 0.708 bits per heavy atom. The van der Waals surface area contributed by atoms with E-state index < -0.39 is 0 Å². The second kappa shape index (κ2) is 9.50. The molecule has 0 aliphatic rings. The normalized spacial score (nSPS) is 10.9. The average Bonchev–Trinajstić information content (AvgIpc) is 2.58. The first-order chi connectivity index (χ1) is 11.5. The smallest absolute Gasteiger partial charge is 0.186 e. The molecule has 2 aromatic carbocycles. The molecule has 0 spiro atoms. The Balaban J connectivity index is 1.92. The molecule has 2 rings (SSSR count). The number of benzene rings is 2. The fourth-order valence-electron chi connectivity index (χ4n) is 2.01. The molecule has 0 aliphatic heterocycles. The summed E-state index contributed by atoms with van der Waals surface area (Å²) in [5.74, 6) is 1.44. The molecule has 2 aromatic rings. The molecule has 0 N–H and O–H groups in total. The van der Waals surface area contributed by atoms with Crippen molar-refractivity contribution in [1.29, 1.82) is 0 Å². The van der Waals surface area contributed by atoms with Crippen molar-refractivity contribution in [3.63, 3.8) is 0 Å². The van der Waals surface area contributed by atoms with Gasteiger partial charge < -0.3 is 0 Å². The molecule has 2 nitrogen and oxygen atoms in total. The summed E-state index contributed by atoms with van der Waals surface area (Å²) >= 11 is 2.66. The number of thioether (sulfide) groups is 2. The van der Waals surface area contributed by atoms with Crippen LogP contribution in [0.4, 0.5) is 0 Å². The van der Waals surface area contributed by atoms with E-state index in [1.54, 1.807) is 13.8 Å². The average molecular weight is 357 g/mol. The maximum Gasteiger partial charge on any atom is 0.186 e. The minimum Gasteiger partial charge on any atom is -0.288 e. The highest BCUT2D eigenvalue weighted by Gasteiger charge is 1.98. The summed E-state index contributed by atoms with van der Waals surface area (Å²) in [6, 6.07) is 16.5. The van der Waals surface area contributed by atoms with Crippen molar-refractivity contribution in [2.75, 3.05) is 0 Å². The number of carbonyl (C=O) groups excluding carboxylic acids is 2. The molecule has 0 saturated heterocycles. The maximum atomic E-state index is 11.0. The van der Waals surface area contributed by atoms with Gasteiger partial charge in [-0.15, -0.1) is 0 Å². The first-order valence-electron chi connectivity index (χ1n) is 7.65. The number of rotatable bonds is 6. The lowest BCUT2D eigenvalue weighted by molar-refractivity contribution is -0.109. The van der Waals surface area contributed by atoms with Crippen LogP contribution in [0.5, 0.6) is 0 Å². The fraction of sp³-hybridized carbons (Fsp3) is 0.200. The van der Waals surface area contributed by atoms with Gasteiger partial charge >= 0.3 is 0 Å². The Hall–Kier alpha value is -1.78. The minimum absolute atomic E-state index is 0.143. The molecule has 0 heterocycles. The molecule has 0 fully saturated rings. The van der Waals surface area contributed by atoms with Gasteiger partial charge in [-0.2, -0.15) is 0 Å². The molecule has 4 heteroatoms. The van der Waals surface area contributed by atoms with Gasteiger partial charge in [-0.3, -0.25) is 9.59 Å². The standard InChI is InChI=1S/C20H20O2S2/c1-15(21)23-13-19-9-5-17(6-10-19)3-4-18-7-11-20(12-8-18)14-24-16(2)22/h3-12H,13-14H2,1-2H3/b4-3+. The van der Waals surface area contributed by atoms with E-state index in [1.807, 2.05) is 0 Å². The lowest BCUT2D eigenvalue weighted by Crippen LogP contribution is -1.86. The largest absolute Gasteiger partial charge is 0.288 e. The topological polar surface area (TPSA) is 34.1 Å². The van der Waals surface area contributed by atoms with E-state index in [2.05, 4.69) is 60.7 Å². The molecule has 0 unspecified atom stereocenters. The maximum absolute atomic E-state index is 11.0. The van der Waals surface area contributed by atoms with Crippen LogP contribution in [-0.4, -0.2) is 10.2 Å². The monoisotopic (exact) mass is 356 g/mol. The van der Waals surface area contributed by atoms with E-state index in [1.165, 1.54) is 23.5 Å². The predicted octanol–water partition coefficient (Wildman–Crippen LogP) is 5.42. The summed E-state index contributed by atoms with van der Waals surface area (Å²) in [6.45, 7) is 3.18. The van der Waals surface area contributed by atoms with Gasteiger partial charge in [0.1, 0.15) is 0 Å². The number of hydrogen-bond donors (Lipinski definition) is 0. The lowest BCUT2D eigenvalue weighted by atomic mass is 10.1. The number of hydrogen-bond acceptors (Lipinski definition) is 4. The van der Waals surface area contributed by atoms with Crippen LogP contribution in [0.25, 0.3) is 12.2 Å². The van der Waals surface area contributed by atoms with Gasteiger partial charge in [0.15, 0.2) is 10.2 Å². The third kappa shape index (κ3) is 6.77. The van der Waals surface area contributed by atoms with Crippen molar-refractivity contribution >= 4 is 45.9 Å². The molecule has 0 aliphatic carbocycles. The molecule has 24 heavy (non-hydrogen) atoms. The van der Waals surface area contributed by atoms with E-state index in [0.29, 0.717) is 0 Å². The van der Waals surface area contributed by atoms with Crippen molar-refractivity contribution in [2.45, 2.75) is 25.4 Å². The lowest BCUT2D eigenvalue weighted by Gasteiger charge is -2.01. The van der Waals surface area contributed by atoms with Crippen LogP contribution in [0.15, 0.2) is 48.5 Å². The van der Waals surface area contributed by atoms with Crippen LogP contribution in [0.2, 0.25) is 0 Å². The highest BCUT2D eigenvalue weighted by molar-refractivity contribution is 8.13. The summed E-state index contributed by atoms with van der Waals surface area (Å²) in [7, 11) is 0. The predicted molar refractivity (Wildman–Crippen MR) is 106 cm³/mol. The zero-order valence-electron chi connectivity index (χ0n) is 13.8. The van der Waals surface area contributed by atoms with E-state index in [0.717, 1.165) is 33.8 Å². The van der Waals surface area contributed by atoms with Crippen LogP contribution in [0.1, 0.15) is 36.1 Å². The van der Waals surface area contributed by atoms with E-state index in [9.17, 15) is 9.59 Å². The fourth-order valence-corrected chi connectivity index (χ4v) is 3.14. The van der Waals surface area contributed by atoms with E-state index >= 15 is 0 Å². The summed E-state index contributed by atoms with van der Waals surface area (Å²) < 4.78 is 0. The summed E-state index contributed by atoms with van der Waals surface area (Å²) in [4.78, 5) is 22.0. The van der Waals surface area contributed by atoms with Gasteiger partial charge in [-0.05, 0) is 22.3 Å². The molecule has 0 bridgehead atoms. The van der Waals surface area contributed by atoms with Crippen molar-refractivity contribution in [1.82, 2.24) is 0 Å². The molecular formula is C20H20O2S2. The van der Waals surface area contributed by atoms with E-state index in [4.69, 9.17) is 0 Å². The van der Waals surface area contributed by atoms with Crippen LogP contribution < -0.4 is 0 Å². The van der Waals surface area contributed by atoms with Crippen LogP contribution in [-0.2, 0) is 21.1 Å². The van der Waals surface area contributed by atoms with Crippen molar-refractivity contribution < 1.29 is 9.59 Å². The van der Waals surface area contributed by atoms with Crippen molar-refractivity contribution in [3.8, 4) is 0 Å². The minimum atomic E-state index is 0.143. The Morgan fingerprint density at radius 2 is 1.04 bits per heavy atom. The van der Waals surface area contributed by atoms with Crippen LogP contribution in [0, 0.1) is 0 Å². The van der Waals surface area contributed by atoms with Crippen LogP contribution >= 0.6 is 23.5 Å². The van der Waals surface area contributed by atoms with Gasteiger partial charge in [-0.1, -0.05) is 84.2 Å². The quantitative estimate of drug-likeness (QED) is 0.648. The second-order valence-electron chi connectivity index (χ2n) is 5.38.